The van der Waals surface area contributed by atoms with Crippen molar-refractivity contribution in [3.8, 4) is 22.6 Å². The highest BCUT2D eigenvalue weighted by Gasteiger charge is 2.52. The minimum atomic E-state index is -2.01. The van der Waals surface area contributed by atoms with Crippen molar-refractivity contribution < 1.29 is 83.7 Å². The van der Waals surface area contributed by atoms with E-state index in [2.05, 4.69) is 0 Å². The van der Waals surface area contributed by atoms with Gasteiger partial charge in [-0.1, -0.05) is 54.6 Å². The lowest BCUT2D eigenvalue weighted by atomic mass is 9.77. The molecule has 3 saturated heterocycles. The van der Waals surface area contributed by atoms with E-state index < -0.39 is 97.2 Å². The fraction of sp³-hybridized carbons (Fsp3) is 0.357. The quantitative estimate of drug-likeness (QED) is 0.0858. The van der Waals surface area contributed by atoms with Crippen molar-refractivity contribution in [1.29, 1.82) is 0 Å². The normalized spacial score (nSPS) is 30.9. The summed E-state index contributed by atoms with van der Waals surface area (Å²) in [5, 5.41) is 93.0. The first-order valence-corrected chi connectivity index (χ1v) is 18.9. The van der Waals surface area contributed by atoms with Gasteiger partial charge in [0.2, 0.25) is 18.5 Å². The Morgan fingerprint density at radius 3 is 1.87 bits per heavy atom. The Bertz CT molecular complexity index is 2180. The van der Waals surface area contributed by atoms with Crippen LogP contribution >= 0.6 is 0 Å². The van der Waals surface area contributed by atoms with Crippen LogP contribution in [0.5, 0.6) is 11.5 Å². The molecular formula is C42H42FNO16. The van der Waals surface area contributed by atoms with Crippen molar-refractivity contribution in [1.82, 2.24) is 0 Å². The number of anilines is 1. The van der Waals surface area contributed by atoms with Crippen molar-refractivity contribution in [2.75, 3.05) is 4.90 Å². The molecule has 3 heterocycles. The maximum Gasteiger partial charge on any atom is 0.335 e. The molecule has 0 spiro atoms. The number of amides is 1. The molecule has 0 aliphatic carbocycles. The molecule has 60 heavy (non-hydrogen) atoms. The number of aliphatic carboxylic acids is 2. The van der Waals surface area contributed by atoms with Crippen molar-refractivity contribution in [3.63, 3.8) is 0 Å². The third kappa shape index (κ3) is 8.42. The first-order valence-electron chi connectivity index (χ1n) is 18.9. The minimum Gasteiger partial charge on any atom is -0.479 e. The molecule has 0 aromatic heterocycles. The van der Waals surface area contributed by atoms with Crippen LogP contribution in [0.1, 0.15) is 36.1 Å². The van der Waals surface area contributed by atoms with E-state index >= 15 is 0 Å². The van der Waals surface area contributed by atoms with Crippen molar-refractivity contribution >= 4 is 23.5 Å². The van der Waals surface area contributed by atoms with Gasteiger partial charge in [0.25, 0.3) is 0 Å². The smallest absolute Gasteiger partial charge is 0.335 e. The molecule has 3 fully saturated rings. The average molecular weight is 836 g/mol. The molecular weight excluding hydrogens is 793 g/mol. The fourth-order valence-electron chi connectivity index (χ4n) is 7.62. The number of para-hydroxylation sites is 1. The number of β-lactam (4-membered cyclic amide) rings is 1. The Morgan fingerprint density at radius 2 is 1.27 bits per heavy atom. The van der Waals surface area contributed by atoms with Crippen molar-refractivity contribution in [2.24, 2.45) is 5.92 Å². The fourth-order valence-corrected chi connectivity index (χ4v) is 7.62. The van der Waals surface area contributed by atoms with E-state index in [1.807, 2.05) is 0 Å². The van der Waals surface area contributed by atoms with Gasteiger partial charge >= 0.3 is 11.9 Å². The highest BCUT2D eigenvalue weighted by molar-refractivity contribution is 6.03. The molecule has 13 atom stereocenters. The molecule has 17 nitrogen and oxygen atoms in total. The summed E-state index contributed by atoms with van der Waals surface area (Å²) in [6.45, 7) is 0. The third-order valence-electron chi connectivity index (χ3n) is 10.9. The summed E-state index contributed by atoms with van der Waals surface area (Å²) >= 11 is 0. The number of carbonyl (C=O) groups excluding carboxylic acids is 1. The standard InChI is InChI=1S/C42H42FNO16/c43-22-12-9-19(10-13-22)27(45)16-15-26-29(44(38(26)52)23-6-2-1-3-7-23)25-14-11-21(18-28(25)58-42-35(51)31(47)33(49)37(60-42)40(55)56)20-5-4-8-24(17-20)57-41-34(50)30(46)32(48)36(59-41)39(53)54/h1-14,17-18,26-27,29-37,41-42,45-51H,15-16H2,(H,53,54)(H,55,56)/t26-,27+,29-,30+,31+,32-,33-,34?,35?,36?,37?,41-,42-/m1/s1. The van der Waals surface area contributed by atoms with Crippen molar-refractivity contribution in [3.05, 3.63) is 114 Å². The molecule has 3 aliphatic heterocycles. The van der Waals surface area contributed by atoms with Gasteiger partial charge in [0.1, 0.15) is 53.9 Å². The number of carboxylic acids is 2. The number of aliphatic hydroxyl groups is 7. The number of hydrogen-bond acceptors (Lipinski definition) is 14. The number of hydrogen-bond donors (Lipinski definition) is 9. The largest absolute Gasteiger partial charge is 0.479 e. The van der Waals surface area contributed by atoms with Crippen LogP contribution < -0.4 is 14.4 Å². The van der Waals surface area contributed by atoms with Gasteiger partial charge in [-0.05, 0) is 72.0 Å². The van der Waals surface area contributed by atoms with E-state index in [-0.39, 0.29) is 30.2 Å². The number of nitrogens with zero attached hydrogens (tertiary/aromatic N) is 1. The van der Waals surface area contributed by atoms with E-state index in [1.165, 1.54) is 47.4 Å². The molecule has 318 valence electrons. The summed E-state index contributed by atoms with van der Waals surface area (Å²) in [7, 11) is 0. The van der Waals surface area contributed by atoms with Crippen LogP contribution in [0.25, 0.3) is 11.1 Å². The molecule has 4 aromatic rings. The monoisotopic (exact) mass is 835 g/mol. The summed E-state index contributed by atoms with van der Waals surface area (Å²) in [4.78, 5) is 39.1. The van der Waals surface area contributed by atoms with Gasteiger partial charge in [0.05, 0.1) is 18.1 Å². The van der Waals surface area contributed by atoms with Gasteiger partial charge in [0.15, 0.2) is 12.2 Å². The maximum atomic E-state index is 14.0. The Kier molecular flexibility index (Phi) is 12.5. The van der Waals surface area contributed by atoms with Crippen LogP contribution in [0.3, 0.4) is 0 Å². The molecule has 1 amide bonds. The van der Waals surface area contributed by atoms with E-state index in [9.17, 15) is 64.7 Å². The second-order valence-electron chi connectivity index (χ2n) is 14.7. The molecule has 0 radical (unpaired) electrons. The molecule has 4 unspecified atom stereocenters. The maximum absolute atomic E-state index is 14.0. The molecule has 0 saturated carbocycles. The summed E-state index contributed by atoms with van der Waals surface area (Å²) in [6.07, 6.45) is -20.0. The highest BCUT2D eigenvalue weighted by atomic mass is 19.1. The molecule has 18 heteroatoms. The number of aliphatic hydroxyl groups excluding tert-OH is 7. The SMILES string of the molecule is O=C(O)C1O[C@@H](Oc2cccc(-c3ccc([C@@H]4[C@@H](CC[C@H](O)c5ccc(F)cc5)C(=O)N4c4ccccc4)c(O[C@@H]4OC(C(=O)O)[C@H](O)[C@H](O)C4O)c3)c2)C(O)[C@@H](O)[C@H]1O. The summed E-state index contributed by atoms with van der Waals surface area (Å²) in [6, 6.07) is 24.0. The van der Waals surface area contributed by atoms with Crippen molar-refractivity contribution in [2.45, 2.75) is 86.4 Å². The predicted molar refractivity (Wildman–Crippen MR) is 203 cm³/mol. The lowest BCUT2D eigenvalue weighted by Crippen LogP contribution is -2.61. The van der Waals surface area contributed by atoms with E-state index in [0.29, 0.717) is 27.9 Å². The number of carbonyl (C=O) groups is 3. The van der Waals surface area contributed by atoms with Crippen LogP contribution in [-0.4, -0.2) is 125 Å². The zero-order valence-electron chi connectivity index (χ0n) is 31.4. The van der Waals surface area contributed by atoms with Crippen LogP contribution in [0.2, 0.25) is 0 Å². The Hall–Kier alpha value is -5.54. The minimum absolute atomic E-state index is 0.0305. The van der Waals surface area contributed by atoms with Gasteiger partial charge in [-0.2, -0.15) is 0 Å². The number of carboxylic acid groups (broad SMARTS) is 2. The zero-order valence-corrected chi connectivity index (χ0v) is 31.4. The number of rotatable bonds is 13. The van der Waals surface area contributed by atoms with Crippen LogP contribution in [0, 0.1) is 11.7 Å². The number of benzene rings is 4. The van der Waals surface area contributed by atoms with Crippen LogP contribution in [0.4, 0.5) is 10.1 Å². The van der Waals surface area contributed by atoms with Gasteiger partial charge in [-0.3, -0.25) is 4.79 Å². The Balaban J connectivity index is 1.26. The number of halogens is 1. The Morgan fingerprint density at radius 1 is 0.683 bits per heavy atom. The van der Waals surface area contributed by atoms with Gasteiger partial charge in [0, 0.05) is 11.3 Å². The van der Waals surface area contributed by atoms with Gasteiger partial charge in [-0.15, -0.1) is 0 Å². The zero-order chi connectivity index (χ0) is 43.0. The molecule has 3 aliphatic rings. The second kappa shape index (κ2) is 17.6. The highest BCUT2D eigenvalue weighted by Crippen LogP contribution is 2.50. The van der Waals surface area contributed by atoms with E-state index in [0.717, 1.165) is 0 Å². The number of ether oxygens (including phenoxy) is 4. The summed E-state index contributed by atoms with van der Waals surface area (Å²) < 4.78 is 36.3. The first kappa shape index (κ1) is 42.6. The van der Waals surface area contributed by atoms with E-state index in [1.54, 1.807) is 54.6 Å². The lowest BCUT2D eigenvalue weighted by molar-refractivity contribution is -0.271. The lowest BCUT2D eigenvalue weighted by Gasteiger charge is -2.48. The molecule has 7 rings (SSSR count). The molecule has 4 aromatic carbocycles. The van der Waals surface area contributed by atoms with Crippen LogP contribution in [0.15, 0.2) is 97.1 Å². The van der Waals surface area contributed by atoms with Crippen LogP contribution in [-0.2, 0) is 23.9 Å². The Labute approximate surface area is 340 Å². The summed E-state index contributed by atoms with van der Waals surface area (Å²) in [5.41, 5.74) is 2.10. The molecule has 0 bridgehead atoms. The van der Waals surface area contributed by atoms with E-state index in [4.69, 9.17) is 18.9 Å². The topological polar surface area (TPSA) is 273 Å². The third-order valence-corrected chi connectivity index (χ3v) is 10.9. The van der Waals surface area contributed by atoms with Gasteiger partial charge < -0.3 is 69.8 Å². The molecule has 9 N–H and O–H groups in total. The second-order valence-corrected chi connectivity index (χ2v) is 14.7. The predicted octanol–water partition coefficient (Wildman–Crippen LogP) is 1.25. The summed E-state index contributed by atoms with van der Waals surface area (Å²) in [5.74, 6) is -4.82. The first-order chi connectivity index (χ1) is 28.6. The van der Waals surface area contributed by atoms with Gasteiger partial charge in [-0.25, -0.2) is 14.0 Å². The average Bonchev–Trinajstić information content (AvgIpc) is 3.23.